The van der Waals surface area contributed by atoms with Crippen LogP contribution in [0.4, 0.5) is 0 Å². The Morgan fingerprint density at radius 3 is 2.22 bits per heavy atom. The smallest absolute Gasteiger partial charge is 0.169 e. The van der Waals surface area contributed by atoms with Gasteiger partial charge < -0.3 is 10.6 Å². The lowest BCUT2D eigenvalue weighted by atomic mass is 10.1. The highest BCUT2D eigenvalue weighted by molar-refractivity contribution is 5.38. The Balaban J connectivity index is 4.38. The second-order valence-electron chi connectivity index (χ2n) is 4.32. The van der Waals surface area contributed by atoms with Crippen molar-refractivity contribution in [1.29, 1.82) is 10.5 Å². The van der Waals surface area contributed by atoms with E-state index in [1.807, 2.05) is 12.1 Å². The first-order valence-corrected chi connectivity index (χ1v) is 6.72. The summed E-state index contributed by atoms with van der Waals surface area (Å²) >= 11 is 0. The van der Waals surface area contributed by atoms with Gasteiger partial charge in [-0.15, -0.1) is 0 Å². The average Bonchev–Trinajstić information content (AvgIpc) is 2.41. The summed E-state index contributed by atoms with van der Waals surface area (Å²) in [6, 6.07) is 4.12. The molecule has 0 aliphatic carbocycles. The lowest BCUT2D eigenvalue weighted by Crippen LogP contribution is -2.34. The van der Waals surface area contributed by atoms with Gasteiger partial charge in [0.15, 0.2) is 5.57 Å². The van der Waals surface area contributed by atoms with E-state index in [1.165, 1.54) is 25.7 Å². The van der Waals surface area contributed by atoms with Crippen LogP contribution in [0.1, 0.15) is 52.4 Å². The molecular formula is C14H24N4. The second kappa shape index (κ2) is 10.5. The van der Waals surface area contributed by atoms with Gasteiger partial charge in [0.25, 0.3) is 0 Å². The van der Waals surface area contributed by atoms with Crippen LogP contribution in [-0.2, 0) is 0 Å². The molecule has 0 fully saturated rings. The normalized spacial score (nSPS) is 10.9. The molecule has 0 heterocycles. The Kier molecular flexibility index (Phi) is 9.50. The minimum Gasteiger partial charge on any atom is -0.373 e. The summed E-state index contributed by atoms with van der Waals surface area (Å²) in [5.41, 5.74) is 0.115. The summed E-state index contributed by atoms with van der Waals surface area (Å²) in [4.78, 5) is 0. The van der Waals surface area contributed by atoms with Gasteiger partial charge in [0.05, 0.1) is 0 Å². The summed E-state index contributed by atoms with van der Waals surface area (Å²) in [6.07, 6.45) is 7.00. The van der Waals surface area contributed by atoms with Gasteiger partial charge in [-0.05, 0) is 12.8 Å². The molecule has 4 heteroatoms. The standard InChI is InChI=1S/C14H24N4/c1-4-6-7-8-9-13(5-2)18-14(17-3)12(10-15)11-16/h13,17-18H,4-9H2,1-3H3. The Bertz CT molecular complexity index is 317. The molecule has 0 aliphatic rings. The molecule has 0 radical (unpaired) electrons. The van der Waals surface area contributed by atoms with E-state index >= 15 is 0 Å². The van der Waals surface area contributed by atoms with E-state index in [2.05, 4.69) is 24.5 Å². The minimum atomic E-state index is 0.115. The fourth-order valence-electron chi connectivity index (χ4n) is 1.81. The molecule has 0 rings (SSSR count). The highest BCUT2D eigenvalue weighted by Gasteiger charge is 2.10. The third-order valence-corrected chi connectivity index (χ3v) is 2.97. The molecule has 0 saturated carbocycles. The van der Waals surface area contributed by atoms with Gasteiger partial charge in [0, 0.05) is 13.1 Å². The van der Waals surface area contributed by atoms with Crippen LogP contribution in [0.5, 0.6) is 0 Å². The van der Waals surface area contributed by atoms with Gasteiger partial charge in [-0.2, -0.15) is 10.5 Å². The molecule has 1 atom stereocenters. The largest absolute Gasteiger partial charge is 0.373 e. The zero-order valence-corrected chi connectivity index (χ0v) is 11.7. The number of hydrogen-bond acceptors (Lipinski definition) is 4. The maximum absolute atomic E-state index is 8.85. The molecule has 0 aromatic heterocycles. The summed E-state index contributed by atoms with van der Waals surface area (Å²) in [7, 11) is 1.72. The number of nitrogens with one attached hydrogen (secondary N) is 2. The first kappa shape index (κ1) is 16.3. The lowest BCUT2D eigenvalue weighted by molar-refractivity contribution is 0.467. The van der Waals surface area contributed by atoms with Gasteiger partial charge in [0.1, 0.15) is 18.0 Å². The molecule has 2 N–H and O–H groups in total. The molecule has 1 unspecified atom stereocenters. The molecule has 0 spiro atoms. The van der Waals surface area contributed by atoms with E-state index < -0.39 is 0 Å². The van der Waals surface area contributed by atoms with E-state index in [1.54, 1.807) is 7.05 Å². The van der Waals surface area contributed by atoms with Crippen molar-refractivity contribution >= 4 is 0 Å². The van der Waals surface area contributed by atoms with Crippen molar-refractivity contribution in [2.45, 2.75) is 58.4 Å². The van der Waals surface area contributed by atoms with Crippen molar-refractivity contribution in [3.8, 4) is 12.1 Å². The summed E-state index contributed by atoms with van der Waals surface area (Å²) < 4.78 is 0. The molecule has 0 aromatic carbocycles. The zero-order valence-electron chi connectivity index (χ0n) is 11.7. The monoisotopic (exact) mass is 248 g/mol. The first-order chi connectivity index (χ1) is 8.73. The lowest BCUT2D eigenvalue weighted by Gasteiger charge is -2.20. The topological polar surface area (TPSA) is 71.6 Å². The molecular weight excluding hydrogens is 224 g/mol. The molecule has 0 amide bonds. The van der Waals surface area contributed by atoms with Crippen LogP contribution < -0.4 is 10.6 Å². The van der Waals surface area contributed by atoms with E-state index in [4.69, 9.17) is 10.5 Å². The summed E-state index contributed by atoms with van der Waals surface area (Å²) in [5, 5.41) is 23.8. The summed E-state index contributed by atoms with van der Waals surface area (Å²) in [6.45, 7) is 4.31. The van der Waals surface area contributed by atoms with Crippen LogP contribution in [0, 0.1) is 22.7 Å². The predicted molar refractivity (Wildman–Crippen MR) is 73.3 cm³/mol. The Morgan fingerprint density at radius 2 is 1.78 bits per heavy atom. The maximum Gasteiger partial charge on any atom is 0.169 e. The third-order valence-electron chi connectivity index (χ3n) is 2.97. The maximum atomic E-state index is 8.85. The summed E-state index contributed by atoms with van der Waals surface area (Å²) in [5.74, 6) is 0.544. The Morgan fingerprint density at radius 1 is 1.11 bits per heavy atom. The Hall–Kier alpha value is -1.68. The van der Waals surface area contributed by atoms with E-state index in [0.29, 0.717) is 11.9 Å². The highest BCUT2D eigenvalue weighted by Crippen LogP contribution is 2.09. The van der Waals surface area contributed by atoms with Gasteiger partial charge in [-0.3, -0.25) is 0 Å². The van der Waals surface area contributed by atoms with Crippen LogP contribution in [-0.4, -0.2) is 13.1 Å². The SMILES string of the molecule is CCCCCCC(CC)NC(NC)=C(C#N)C#N. The Labute approximate surface area is 111 Å². The van der Waals surface area contributed by atoms with E-state index in [-0.39, 0.29) is 5.57 Å². The molecule has 0 saturated heterocycles. The van der Waals surface area contributed by atoms with Crippen LogP contribution in [0.25, 0.3) is 0 Å². The number of hydrogen-bond donors (Lipinski definition) is 2. The van der Waals surface area contributed by atoms with Gasteiger partial charge in [-0.25, -0.2) is 0 Å². The molecule has 0 aliphatic heterocycles. The molecule has 0 aromatic rings. The van der Waals surface area contributed by atoms with Crippen molar-refractivity contribution in [2.75, 3.05) is 7.05 Å². The van der Waals surface area contributed by atoms with Crippen LogP contribution in [0.15, 0.2) is 11.4 Å². The van der Waals surface area contributed by atoms with Crippen molar-refractivity contribution in [3.05, 3.63) is 11.4 Å². The molecule has 18 heavy (non-hydrogen) atoms. The van der Waals surface area contributed by atoms with Crippen LogP contribution in [0.2, 0.25) is 0 Å². The van der Waals surface area contributed by atoms with Gasteiger partial charge >= 0.3 is 0 Å². The highest BCUT2D eigenvalue weighted by atomic mass is 15.1. The fraction of sp³-hybridized carbons (Fsp3) is 0.714. The van der Waals surface area contributed by atoms with Crippen LogP contribution >= 0.6 is 0 Å². The van der Waals surface area contributed by atoms with Crippen molar-refractivity contribution in [2.24, 2.45) is 0 Å². The van der Waals surface area contributed by atoms with Crippen LogP contribution in [0.3, 0.4) is 0 Å². The fourth-order valence-corrected chi connectivity index (χ4v) is 1.81. The van der Waals surface area contributed by atoms with Crippen molar-refractivity contribution < 1.29 is 0 Å². The first-order valence-electron chi connectivity index (χ1n) is 6.72. The minimum absolute atomic E-state index is 0.115. The number of rotatable bonds is 9. The quantitative estimate of drug-likeness (QED) is 0.486. The number of nitrogens with zero attached hydrogens (tertiary/aromatic N) is 2. The molecule has 4 nitrogen and oxygen atoms in total. The molecule has 100 valence electrons. The number of nitriles is 2. The average molecular weight is 248 g/mol. The van der Waals surface area contributed by atoms with Gasteiger partial charge in [0.2, 0.25) is 0 Å². The second-order valence-corrected chi connectivity index (χ2v) is 4.32. The molecule has 0 bridgehead atoms. The van der Waals surface area contributed by atoms with Crippen molar-refractivity contribution in [1.82, 2.24) is 10.6 Å². The third kappa shape index (κ3) is 6.15. The van der Waals surface area contributed by atoms with E-state index in [0.717, 1.165) is 12.8 Å². The predicted octanol–water partition coefficient (Wildman–Crippen LogP) is 2.80. The van der Waals surface area contributed by atoms with Gasteiger partial charge in [-0.1, -0.05) is 39.5 Å². The van der Waals surface area contributed by atoms with Crippen molar-refractivity contribution in [3.63, 3.8) is 0 Å². The number of allylic oxidation sites excluding steroid dienone is 1. The zero-order chi connectivity index (χ0) is 13.8. The number of unbranched alkanes of at least 4 members (excludes halogenated alkanes) is 3. The van der Waals surface area contributed by atoms with E-state index in [9.17, 15) is 0 Å².